The van der Waals surface area contributed by atoms with Gasteiger partial charge in [-0.05, 0) is 59.0 Å². The van der Waals surface area contributed by atoms with Gasteiger partial charge in [0.2, 0.25) is 0 Å². The second-order valence-electron chi connectivity index (χ2n) is 5.69. The molecule has 1 N–H and O–H groups in total. The van der Waals surface area contributed by atoms with E-state index in [1.807, 2.05) is 25.1 Å². The van der Waals surface area contributed by atoms with E-state index in [0.717, 1.165) is 23.1 Å². The molecule has 0 aromatic heterocycles. The largest absolute Gasteiger partial charge is 0.385 e. The summed E-state index contributed by atoms with van der Waals surface area (Å²) >= 11 is 3.07. The van der Waals surface area contributed by atoms with Crippen LogP contribution in [0.1, 0.15) is 28.7 Å². The third kappa shape index (κ3) is 2.51. The molecule has 0 fully saturated rings. The van der Waals surface area contributed by atoms with Gasteiger partial charge in [-0.3, -0.25) is 0 Å². The summed E-state index contributed by atoms with van der Waals surface area (Å²) in [6.45, 7) is 1.94. The van der Waals surface area contributed by atoms with E-state index in [-0.39, 0.29) is 16.5 Å². The van der Waals surface area contributed by atoms with Crippen molar-refractivity contribution in [3.63, 3.8) is 0 Å². The Balaban J connectivity index is 2.04. The summed E-state index contributed by atoms with van der Waals surface area (Å²) < 4.78 is 28.3. The highest BCUT2D eigenvalue weighted by Gasteiger charge is 2.38. The molecule has 1 atom stereocenters. The van der Waals surface area contributed by atoms with Crippen molar-refractivity contribution in [2.75, 3.05) is 0 Å². The lowest BCUT2D eigenvalue weighted by Gasteiger charge is -2.25. The lowest BCUT2D eigenvalue weighted by Crippen LogP contribution is -2.26. The maximum atomic E-state index is 14.1. The topological polar surface area (TPSA) is 20.2 Å². The number of rotatable bonds is 2. The van der Waals surface area contributed by atoms with Gasteiger partial charge in [0.25, 0.3) is 0 Å². The fourth-order valence-electron chi connectivity index (χ4n) is 3.02. The summed E-state index contributed by atoms with van der Waals surface area (Å²) in [6.07, 6.45) is 1.15. The molecule has 2 aromatic rings. The van der Waals surface area contributed by atoms with E-state index in [2.05, 4.69) is 15.9 Å². The molecule has 3 rings (SSSR count). The Morgan fingerprint density at radius 3 is 2.76 bits per heavy atom. The van der Waals surface area contributed by atoms with Crippen molar-refractivity contribution < 1.29 is 13.9 Å². The van der Waals surface area contributed by atoms with E-state index in [4.69, 9.17) is 0 Å². The monoisotopic (exact) mass is 352 g/mol. The highest BCUT2D eigenvalue weighted by atomic mass is 79.9. The van der Waals surface area contributed by atoms with Crippen LogP contribution in [0.3, 0.4) is 0 Å². The van der Waals surface area contributed by atoms with Gasteiger partial charge in [0.1, 0.15) is 11.6 Å². The minimum Gasteiger partial charge on any atom is -0.385 e. The first-order chi connectivity index (χ1) is 9.90. The van der Waals surface area contributed by atoms with Crippen LogP contribution in [0.4, 0.5) is 8.78 Å². The normalized spacial score (nSPS) is 20.6. The van der Waals surface area contributed by atoms with Crippen LogP contribution in [0.5, 0.6) is 0 Å². The molecule has 0 saturated heterocycles. The van der Waals surface area contributed by atoms with Gasteiger partial charge in [0, 0.05) is 12.0 Å². The summed E-state index contributed by atoms with van der Waals surface area (Å²) in [5.74, 6) is -1.25. The highest BCUT2D eigenvalue weighted by molar-refractivity contribution is 9.10. The zero-order valence-corrected chi connectivity index (χ0v) is 13.2. The molecule has 4 heteroatoms. The Kier molecular flexibility index (Phi) is 3.62. The molecule has 0 radical (unpaired) electrons. The number of benzene rings is 2. The molecule has 1 unspecified atom stereocenters. The molecule has 1 aliphatic rings. The van der Waals surface area contributed by atoms with Crippen molar-refractivity contribution in [3.05, 3.63) is 68.7 Å². The van der Waals surface area contributed by atoms with Crippen molar-refractivity contribution in [2.45, 2.75) is 31.8 Å². The number of aryl methyl sites for hydroxylation is 2. The van der Waals surface area contributed by atoms with Gasteiger partial charge in [-0.2, -0.15) is 0 Å². The SMILES string of the molecule is Cc1ccc2c(c1)C(O)(Cc1c(F)ccc(Br)c1F)CC2. The zero-order chi connectivity index (χ0) is 15.2. The minimum absolute atomic E-state index is 0.0550. The van der Waals surface area contributed by atoms with Gasteiger partial charge < -0.3 is 5.11 Å². The molecular formula is C17H15BrF2O. The Morgan fingerprint density at radius 2 is 2.00 bits per heavy atom. The maximum absolute atomic E-state index is 14.1. The van der Waals surface area contributed by atoms with Crippen LogP contribution < -0.4 is 0 Å². The summed E-state index contributed by atoms with van der Waals surface area (Å²) in [4.78, 5) is 0. The number of hydrogen-bond donors (Lipinski definition) is 1. The Labute approximate surface area is 130 Å². The van der Waals surface area contributed by atoms with Crippen molar-refractivity contribution in [1.29, 1.82) is 0 Å². The zero-order valence-electron chi connectivity index (χ0n) is 11.6. The molecule has 110 valence electrons. The van der Waals surface area contributed by atoms with E-state index < -0.39 is 17.2 Å². The molecule has 0 heterocycles. The fourth-order valence-corrected chi connectivity index (χ4v) is 3.40. The number of hydrogen-bond acceptors (Lipinski definition) is 1. The van der Waals surface area contributed by atoms with Gasteiger partial charge in [0.15, 0.2) is 0 Å². The van der Waals surface area contributed by atoms with Crippen molar-refractivity contribution in [3.8, 4) is 0 Å². The highest BCUT2D eigenvalue weighted by Crippen LogP contribution is 2.41. The third-order valence-electron chi connectivity index (χ3n) is 4.18. The van der Waals surface area contributed by atoms with E-state index in [1.54, 1.807) is 0 Å². The third-order valence-corrected chi connectivity index (χ3v) is 4.80. The van der Waals surface area contributed by atoms with Crippen molar-refractivity contribution in [1.82, 2.24) is 0 Å². The Morgan fingerprint density at radius 1 is 1.24 bits per heavy atom. The van der Waals surface area contributed by atoms with Crippen LogP contribution in [0.25, 0.3) is 0 Å². The van der Waals surface area contributed by atoms with Crippen LogP contribution in [0, 0.1) is 18.6 Å². The van der Waals surface area contributed by atoms with Gasteiger partial charge in [-0.25, -0.2) is 8.78 Å². The van der Waals surface area contributed by atoms with Gasteiger partial charge in [0.05, 0.1) is 10.1 Å². The van der Waals surface area contributed by atoms with Crippen LogP contribution in [0.2, 0.25) is 0 Å². The molecule has 0 aliphatic heterocycles. The molecule has 0 bridgehead atoms. The number of aliphatic hydroxyl groups is 1. The van der Waals surface area contributed by atoms with E-state index in [0.29, 0.717) is 6.42 Å². The standard InChI is InChI=1S/C17H15BrF2O/c1-10-2-3-11-6-7-17(21,13(11)8-10)9-12-15(19)5-4-14(18)16(12)20/h2-5,8,21H,6-7,9H2,1H3. The van der Waals surface area contributed by atoms with Gasteiger partial charge in [-0.1, -0.05) is 23.8 Å². The maximum Gasteiger partial charge on any atom is 0.143 e. The van der Waals surface area contributed by atoms with Crippen LogP contribution in [0.15, 0.2) is 34.8 Å². The number of halogens is 3. The average molecular weight is 353 g/mol. The van der Waals surface area contributed by atoms with E-state index in [9.17, 15) is 13.9 Å². The predicted molar refractivity (Wildman–Crippen MR) is 81.2 cm³/mol. The first-order valence-electron chi connectivity index (χ1n) is 6.85. The summed E-state index contributed by atoms with van der Waals surface area (Å²) in [5, 5.41) is 10.9. The minimum atomic E-state index is -1.20. The Bertz CT molecular complexity index is 714. The first-order valence-corrected chi connectivity index (χ1v) is 7.65. The van der Waals surface area contributed by atoms with E-state index in [1.165, 1.54) is 12.1 Å². The molecule has 0 saturated carbocycles. The van der Waals surface area contributed by atoms with Crippen LogP contribution in [-0.4, -0.2) is 5.11 Å². The lowest BCUT2D eigenvalue weighted by atomic mass is 9.87. The Hall–Kier alpha value is -1.26. The molecular weight excluding hydrogens is 338 g/mol. The average Bonchev–Trinajstić information content (AvgIpc) is 2.77. The van der Waals surface area contributed by atoms with Crippen molar-refractivity contribution >= 4 is 15.9 Å². The predicted octanol–water partition coefficient (Wildman–Crippen LogP) is 4.41. The fraction of sp³-hybridized carbons (Fsp3) is 0.294. The van der Waals surface area contributed by atoms with Crippen molar-refractivity contribution in [2.24, 2.45) is 0 Å². The van der Waals surface area contributed by atoms with E-state index >= 15 is 0 Å². The molecule has 2 aromatic carbocycles. The second kappa shape index (κ2) is 5.18. The molecule has 0 spiro atoms. The smallest absolute Gasteiger partial charge is 0.143 e. The second-order valence-corrected chi connectivity index (χ2v) is 6.55. The summed E-state index contributed by atoms with van der Waals surface area (Å²) in [5.41, 5.74) is 1.61. The summed E-state index contributed by atoms with van der Waals surface area (Å²) in [7, 11) is 0. The quantitative estimate of drug-likeness (QED) is 0.793. The van der Waals surface area contributed by atoms with Crippen LogP contribution in [-0.2, 0) is 18.4 Å². The van der Waals surface area contributed by atoms with Gasteiger partial charge >= 0.3 is 0 Å². The molecule has 0 amide bonds. The molecule has 1 nitrogen and oxygen atoms in total. The lowest BCUT2D eigenvalue weighted by molar-refractivity contribution is 0.0371. The van der Waals surface area contributed by atoms with Crippen LogP contribution >= 0.6 is 15.9 Å². The van der Waals surface area contributed by atoms with Gasteiger partial charge in [-0.15, -0.1) is 0 Å². The molecule has 21 heavy (non-hydrogen) atoms. The molecule has 1 aliphatic carbocycles. The number of fused-ring (bicyclic) bond motifs is 1. The summed E-state index contributed by atoms with van der Waals surface area (Å²) in [6, 6.07) is 8.44. The first kappa shape index (κ1) is 14.7.